The number of hydrogen-bond donors (Lipinski definition) is 1. The summed E-state index contributed by atoms with van der Waals surface area (Å²) in [5, 5.41) is 2.71. The van der Waals surface area contributed by atoms with Crippen molar-refractivity contribution in [2.45, 2.75) is 24.7 Å². The molecule has 32 heavy (non-hydrogen) atoms. The monoisotopic (exact) mass is 478 g/mol. The van der Waals surface area contributed by atoms with Crippen molar-refractivity contribution in [1.29, 1.82) is 0 Å². The molecule has 3 rings (SSSR count). The molecule has 1 aliphatic heterocycles. The molecule has 0 saturated carbocycles. The lowest BCUT2D eigenvalue weighted by Gasteiger charge is -2.34. The Hall–Kier alpha value is -2.67. The quantitative estimate of drug-likeness (QED) is 0.644. The predicted octanol–water partition coefficient (Wildman–Crippen LogP) is 3.37. The Bertz CT molecular complexity index is 1160. The maximum atomic E-state index is 13.3. The van der Waals surface area contributed by atoms with Crippen molar-refractivity contribution in [3.05, 3.63) is 47.5 Å². The number of nitrogens with zero attached hydrogens (tertiary/aromatic N) is 3. The standard InChI is InChI=1S/C22H24ClFN4O3S/c1-3-4-11-27(2)32(30,31)21-15-25-10-7-20(21)28-12-8-16(9-13-28)22(29)26-17-5-6-19(24)18(23)14-17/h5-7,10,14-16H,8-9,11-13H2,1-2H3,(H,26,29). The van der Waals surface area contributed by atoms with Gasteiger partial charge in [0.15, 0.2) is 0 Å². The van der Waals surface area contributed by atoms with Crippen LogP contribution >= 0.6 is 11.6 Å². The van der Waals surface area contributed by atoms with Crippen LogP contribution in [0.25, 0.3) is 0 Å². The van der Waals surface area contributed by atoms with Crippen LogP contribution in [0.2, 0.25) is 5.02 Å². The zero-order valence-corrected chi connectivity index (χ0v) is 19.4. The second kappa shape index (κ2) is 10.3. The molecule has 1 amide bonds. The van der Waals surface area contributed by atoms with Crippen LogP contribution in [0.1, 0.15) is 19.8 Å². The Labute approximate surface area is 192 Å². The number of hydrogen-bond acceptors (Lipinski definition) is 5. The first-order valence-corrected chi connectivity index (χ1v) is 11.9. The summed E-state index contributed by atoms with van der Waals surface area (Å²) in [5.74, 6) is 4.48. The van der Waals surface area contributed by atoms with Gasteiger partial charge in [0.1, 0.15) is 10.7 Å². The highest BCUT2D eigenvalue weighted by Crippen LogP contribution is 2.30. The summed E-state index contributed by atoms with van der Waals surface area (Å²) in [7, 11) is -2.28. The summed E-state index contributed by atoms with van der Waals surface area (Å²) in [6, 6.07) is 5.71. The fraction of sp³-hybridized carbons (Fsp3) is 0.364. The molecule has 170 valence electrons. The number of aromatic nitrogens is 1. The molecule has 0 bridgehead atoms. The van der Waals surface area contributed by atoms with E-state index >= 15 is 0 Å². The van der Waals surface area contributed by atoms with E-state index in [4.69, 9.17) is 11.6 Å². The molecule has 1 saturated heterocycles. The lowest BCUT2D eigenvalue weighted by atomic mass is 9.95. The van der Waals surface area contributed by atoms with Crippen molar-refractivity contribution < 1.29 is 17.6 Å². The van der Waals surface area contributed by atoms with E-state index in [-0.39, 0.29) is 28.3 Å². The van der Waals surface area contributed by atoms with Gasteiger partial charge in [-0.15, -0.1) is 5.92 Å². The van der Waals surface area contributed by atoms with E-state index in [1.54, 1.807) is 19.2 Å². The van der Waals surface area contributed by atoms with Crippen molar-refractivity contribution in [2.24, 2.45) is 5.92 Å². The van der Waals surface area contributed by atoms with E-state index in [0.717, 1.165) is 0 Å². The average molecular weight is 479 g/mol. The van der Waals surface area contributed by atoms with Crippen LogP contribution in [0.4, 0.5) is 15.8 Å². The third-order valence-electron chi connectivity index (χ3n) is 5.32. The molecule has 7 nitrogen and oxygen atoms in total. The van der Waals surface area contributed by atoms with Gasteiger partial charge in [-0.1, -0.05) is 17.5 Å². The number of benzene rings is 1. The van der Waals surface area contributed by atoms with E-state index < -0.39 is 15.8 Å². The van der Waals surface area contributed by atoms with E-state index in [2.05, 4.69) is 22.1 Å². The number of carbonyl (C=O) groups excluding carboxylic acids is 1. The van der Waals surface area contributed by atoms with Gasteiger partial charge < -0.3 is 10.2 Å². The zero-order valence-electron chi connectivity index (χ0n) is 17.8. The smallest absolute Gasteiger partial charge is 0.247 e. The van der Waals surface area contributed by atoms with Gasteiger partial charge in [0.2, 0.25) is 15.9 Å². The molecular weight excluding hydrogens is 455 g/mol. The number of sulfonamides is 1. The normalized spacial score (nSPS) is 14.7. The molecule has 0 radical (unpaired) electrons. The highest BCUT2D eigenvalue weighted by atomic mass is 35.5. The molecular formula is C22H24ClFN4O3S. The van der Waals surface area contributed by atoms with Crippen molar-refractivity contribution >= 4 is 38.9 Å². The van der Waals surface area contributed by atoms with Gasteiger partial charge in [-0.2, -0.15) is 4.31 Å². The lowest BCUT2D eigenvalue weighted by Crippen LogP contribution is -2.39. The molecule has 2 heterocycles. The maximum absolute atomic E-state index is 13.3. The second-order valence-electron chi connectivity index (χ2n) is 7.41. The summed E-state index contributed by atoms with van der Waals surface area (Å²) >= 11 is 5.77. The predicted molar refractivity (Wildman–Crippen MR) is 122 cm³/mol. The highest BCUT2D eigenvalue weighted by molar-refractivity contribution is 7.89. The third kappa shape index (κ3) is 5.38. The van der Waals surface area contributed by atoms with Gasteiger partial charge >= 0.3 is 0 Å². The number of nitrogens with one attached hydrogen (secondary N) is 1. The molecule has 2 aromatic rings. The number of halogens is 2. The van der Waals surface area contributed by atoms with Crippen LogP contribution < -0.4 is 10.2 Å². The van der Waals surface area contributed by atoms with Crippen molar-refractivity contribution in [3.8, 4) is 11.8 Å². The van der Waals surface area contributed by atoms with E-state index in [0.29, 0.717) is 37.3 Å². The van der Waals surface area contributed by atoms with Gasteiger partial charge in [-0.05, 0) is 44.0 Å². The van der Waals surface area contributed by atoms with Crippen molar-refractivity contribution in [1.82, 2.24) is 9.29 Å². The summed E-state index contributed by atoms with van der Waals surface area (Å²) in [4.78, 5) is 18.7. The minimum absolute atomic E-state index is 0.0565. The molecule has 10 heteroatoms. The first-order valence-electron chi connectivity index (χ1n) is 10.0. The number of pyridine rings is 1. The Morgan fingerprint density at radius 3 is 2.72 bits per heavy atom. The first-order chi connectivity index (χ1) is 15.2. The van der Waals surface area contributed by atoms with Crippen molar-refractivity contribution in [3.63, 3.8) is 0 Å². The Balaban J connectivity index is 1.69. The first kappa shape index (κ1) is 24.0. The molecule has 1 fully saturated rings. The van der Waals surface area contributed by atoms with Gasteiger partial charge in [-0.25, -0.2) is 12.8 Å². The fourth-order valence-corrected chi connectivity index (χ4v) is 4.88. The Kier molecular flexibility index (Phi) is 7.72. The van der Waals surface area contributed by atoms with Crippen LogP contribution in [0.5, 0.6) is 0 Å². The second-order valence-corrected chi connectivity index (χ2v) is 9.83. The van der Waals surface area contributed by atoms with E-state index in [1.807, 2.05) is 4.90 Å². The zero-order chi connectivity index (χ0) is 23.3. The van der Waals surface area contributed by atoms with Crippen LogP contribution in [-0.4, -0.2) is 50.3 Å². The molecule has 1 aliphatic rings. The van der Waals surface area contributed by atoms with Gasteiger partial charge in [0, 0.05) is 44.1 Å². The molecule has 0 aliphatic carbocycles. The van der Waals surface area contributed by atoms with Gasteiger partial charge in [0.05, 0.1) is 17.3 Å². The van der Waals surface area contributed by atoms with Crippen LogP contribution in [-0.2, 0) is 14.8 Å². The van der Waals surface area contributed by atoms with Gasteiger partial charge in [-0.3, -0.25) is 9.78 Å². The summed E-state index contributed by atoms with van der Waals surface area (Å²) < 4.78 is 40.5. The van der Waals surface area contributed by atoms with Crippen LogP contribution in [0.15, 0.2) is 41.6 Å². The summed E-state index contributed by atoms with van der Waals surface area (Å²) in [6.07, 6.45) is 3.98. The molecule has 1 aromatic heterocycles. The molecule has 0 atom stereocenters. The van der Waals surface area contributed by atoms with E-state index in [9.17, 15) is 17.6 Å². The fourth-order valence-electron chi connectivity index (χ4n) is 3.48. The largest absolute Gasteiger partial charge is 0.370 e. The molecule has 0 spiro atoms. The Morgan fingerprint density at radius 1 is 1.34 bits per heavy atom. The number of amides is 1. The third-order valence-corrected chi connectivity index (χ3v) is 7.43. The topological polar surface area (TPSA) is 82.6 Å². The van der Waals surface area contributed by atoms with Gasteiger partial charge in [0.25, 0.3) is 0 Å². The maximum Gasteiger partial charge on any atom is 0.247 e. The number of rotatable bonds is 6. The number of piperidine rings is 1. The van der Waals surface area contributed by atoms with Crippen molar-refractivity contribution in [2.75, 3.05) is 36.9 Å². The van der Waals surface area contributed by atoms with Crippen LogP contribution in [0.3, 0.4) is 0 Å². The average Bonchev–Trinajstić information content (AvgIpc) is 2.80. The van der Waals surface area contributed by atoms with E-state index in [1.165, 1.54) is 35.7 Å². The highest BCUT2D eigenvalue weighted by Gasteiger charge is 2.30. The SMILES string of the molecule is CC#CCN(C)S(=O)(=O)c1cnccc1N1CCC(C(=O)Nc2ccc(F)c(Cl)c2)CC1. The minimum Gasteiger partial charge on any atom is -0.370 e. The summed E-state index contributed by atoms with van der Waals surface area (Å²) in [6.45, 7) is 2.75. The summed E-state index contributed by atoms with van der Waals surface area (Å²) in [5.41, 5.74) is 0.991. The number of carbonyl (C=O) groups is 1. The Morgan fingerprint density at radius 2 is 2.06 bits per heavy atom. The van der Waals surface area contributed by atoms with Crippen LogP contribution in [0, 0.1) is 23.6 Å². The lowest BCUT2D eigenvalue weighted by molar-refractivity contribution is -0.120. The number of anilines is 2. The minimum atomic E-state index is -3.77. The molecule has 1 aromatic carbocycles. The molecule has 0 unspecified atom stereocenters. The molecule has 1 N–H and O–H groups in total.